The van der Waals surface area contributed by atoms with Crippen LogP contribution in [0.2, 0.25) is 0 Å². The fraction of sp³-hybridized carbons (Fsp3) is 0.462. The summed E-state index contributed by atoms with van der Waals surface area (Å²) in [5.41, 5.74) is 11.5. The van der Waals surface area contributed by atoms with Crippen molar-refractivity contribution in [1.82, 2.24) is 15.2 Å². The number of urea groups is 1. The van der Waals surface area contributed by atoms with Gasteiger partial charge in [0.05, 0.1) is 6.54 Å². The molecule has 8 heteroatoms. The summed E-state index contributed by atoms with van der Waals surface area (Å²) < 4.78 is 0. The molecule has 0 aliphatic carbocycles. The Morgan fingerprint density at radius 2 is 1.95 bits per heavy atom. The quantitative estimate of drug-likeness (QED) is 0.645. The van der Waals surface area contributed by atoms with Gasteiger partial charge < -0.3 is 16.4 Å². The lowest BCUT2D eigenvalue weighted by molar-refractivity contribution is -0.121. The summed E-state index contributed by atoms with van der Waals surface area (Å²) >= 11 is 0. The first kappa shape index (κ1) is 15.2. The van der Waals surface area contributed by atoms with Gasteiger partial charge in [-0.1, -0.05) is 6.07 Å². The van der Waals surface area contributed by atoms with Crippen LogP contribution in [0.1, 0.15) is 5.56 Å². The van der Waals surface area contributed by atoms with E-state index in [9.17, 15) is 9.59 Å². The van der Waals surface area contributed by atoms with Crippen molar-refractivity contribution in [2.75, 3.05) is 37.6 Å². The molecule has 0 saturated carbocycles. The number of hydrogen-bond donors (Lipinski definition) is 3. The van der Waals surface area contributed by atoms with Crippen LogP contribution in [0.25, 0.3) is 0 Å². The number of hydrogen-bond acceptors (Lipinski definition) is 6. The number of amides is 3. The number of pyridine rings is 1. The van der Waals surface area contributed by atoms with Gasteiger partial charge in [0.1, 0.15) is 5.82 Å². The predicted molar refractivity (Wildman–Crippen MR) is 78.5 cm³/mol. The molecular formula is C13H20N6O2. The molecule has 2 rings (SSSR count). The number of nitrogens with two attached hydrogens (primary N) is 2. The van der Waals surface area contributed by atoms with Gasteiger partial charge in [0.25, 0.3) is 0 Å². The topological polar surface area (TPSA) is 118 Å². The van der Waals surface area contributed by atoms with E-state index >= 15 is 0 Å². The molecule has 1 aliphatic rings. The third kappa shape index (κ3) is 4.40. The third-order valence-corrected chi connectivity index (χ3v) is 3.37. The van der Waals surface area contributed by atoms with Crippen molar-refractivity contribution >= 4 is 17.8 Å². The maximum atomic E-state index is 11.5. The summed E-state index contributed by atoms with van der Waals surface area (Å²) in [7, 11) is 0. The molecule has 3 amide bonds. The molecule has 0 spiro atoms. The Bertz CT molecular complexity index is 496. The van der Waals surface area contributed by atoms with Gasteiger partial charge in [-0.2, -0.15) is 0 Å². The van der Waals surface area contributed by atoms with Crippen molar-refractivity contribution in [2.24, 2.45) is 11.5 Å². The molecule has 1 aliphatic heterocycles. The van der Waals surface area contributed by atoms with Crippen LogP contribution in [0.3, 0.4) is 0 Å². The van der Waals surface area contributed by atoms with Crippen LogP contribution in [0.15, 0.2) is 18.3 Å². The second-order valence-corrected chi connectivity index (χ2v) is 4.90. The number of primary amides is 1. The molecule has 114 valence electrons. The standard InChI is InChI=1S/C13H20N6O2/c14-7-10-1-2-11(16-8-10)19-5-3-18(4-6-19)9-12(20)17-13(15)21/h1-2,8H,3-7,9,14H2,(H3,15,17,20,21). The Balaban J connectivity index is 1.82. The molecule has 0 radical (unpaired) electrons. The highest BCUT2D eigenvalue weighted by molar-refractivity contribution is 5.94. The monoisotopic (exact) mass is 292 g/mol. The van der Waals surface area contributed by atoms with E-state index in [-0.39, 0.29) is 12.5 Å². The average Bonchev–Trinajstić information content (AvgIpc) is 2.47. The van der Waals surface area contributed by atoms with Crippen LogP contribution in [-0.4, -0.2) is 54.5 Å². The minimum absolute atomic E-state index is 0.177. The first-order valence-corrected chi connectivity index (χ1v) is 6.80. The molecule has 1 aromatic rings. The van der Waals surface area contributed by atoms with Crippen molar-refractivity contribution in [3.63, 3.8) is 0 Å². The van der Waals surface area contributed by atoms with Gasteiger partial charge in [0.2, 0.25) is 5.91 Å². The lowest BCUT2D eigenvalue weighted by atomic mass is 10.2. The van der Waals surface area contributed by atoms with Gasteiger partial charge >= 0.3 is 6.03 Å². The fourth-order valence-electron chi connectivity index (χ4n) is 2.24. The molecule has 1 fully saturated rings. The Morgan fingerprint density at radius 1 is 1.24 bits per heavy atom. The molecule has 5 N–H and O–H groups in total. The number of carbonyl (C=O) groups is 2. The Kier molecular flexibility index (Phi) is 5.07. The van der Waals surface area contributed by atoms with Crippen molar-refractivity contribution in [2.45, 2.75) is 6.54 Å². The predicted octanol–water partition coefficient (Wildman–Crippen LogP) is -1.14. The minimum atomic E-state index is -0.817. The van der Waals surface area contributed by atoms with E-state index in [1.807, 2.05) is 17.0 Å². The Hall–Kier alpha value is -2.19. The molecule has 0 unspecified atom stereocenters. The number of piperazine rings is 1. The Morgan fingerprint density at radius 3 is 2.48 bits per heavy atom. The zero-order valence-electron chi connectivity index (χ0n) is 11.8. The highest BCUT2D eigenvalue weighted by Crippen LogP contribution is 2.13. The van der Waals surface area contributed by atoms with Crippen molar-refractivity contribution in [1.29, 1.82) is 0 Å². The molecule has 21 heavy (non-hydrogen) atoms. The number of nitrogens with one attached hydrogen (secondary N) is 1. The summed E-state index contributed by atoms with van der Waals surface area (Å²) in [5.74, 6) is 0.537. The molecule has 2 heterocycles. The van der Waals surface area contributed by atoms with Crippen LogP contribution >= 0.6 is 0 Å². The van der Waals surface area contributed by atoms with E-state index in [1.54, 1.807) is 6.20 Å². The summed E-state index contributed by atoms with van der Waals surface area (Å²) in [4.78, 5) is 30.6. The van der Waals surface area contributed by atoms with Gasteiger partial charge in [0.15, 0.2) is 0 Å². The lowest BCUT2D eigenvalue weighted by Gasteiger charge is -2.34. The summed E-state index contributed by atoms with van der Waals surface area (Å²) in [6.07, 6.45) is 1.78. The van der Waals surface area contributed by atoms with E-state index in [0.717, 1.165) is 37.6 Å². The molecule has 0 bridgehead atoms. The van der Waals surface area contributed by atoms with Gasteiger partial charge in [-0.15, -0.1) is 0 Å². The molecular weight excluding hydrogens is 272 g/mol. The van der Waals surface area contributed by atoms with Gasteiger partial charge in [-0.25, -0.2) is 9.78 Å². The lowest BCUT2D eigenvalue weighted by Crippen LogP contribution is -2.50. The van der Waals surface area contributed by atoms with E-state index in [2.05, 4.69) is 15.2 Å². The highest BCUT2D eigenvalue weighted by Gasteiger charge is 2.20. The SMILES string of the molecule is NCc1ccc(N2CCN(CC(=O)NC(N)=O)CC2)nc1. The largest absolute Gasteiger partial charge is 0.354 e. The first-order chi connectivity index (χ1) is 10.1. The van der Waals surface area contributed by atoms with E-state index in [0.29, 0.717) is 6.54 Å². The van der Waals surface area contributed by atoms with Gasteiger partial charge in [0, 0.05) is 38.9 Å². The number of imide groups is 1. The van der Waals surface area contributed by atoms with Crippen LogP contribution in [0.4, 0.5) is 10.6 Å². The molecule has 1 saturated heterocycles. The van der Waals surface area contributed by atoms with Crippen molar-refractivity contribution in [3.8, 4) is 0 Å². The van der Waals surface area contributed by atoms with Crippen molar-refractivity contribution in [3.05, 3.63) is 23.9 Å². The molecule has 0 aromatic carbocycles. The maximum Gasteiger partial charge on any atom is 0.318 e. The van der Waals surface area contributed by atoms with E-state index < -0.39 is 6.03 Å². The number of nitrogens with zero attached hydrogens (tertiary/aromatic N) is 3. The second-order valence-electron chi connectivity index (χ2n) is 4.90. The smallest absolute Gasteiger partial charge is 0.318 e. The first-order valence-electron chi connectivity index (χ1n) is 6.80. The highest BCUT2D eigenvalue weighted by atomic mass is 16.2. The summed E-state index contributed by atoms with van der Waals surface area (Å²) in [6.45, 7) is 3.67. The number of anilines is 1. The number of carbonyl (C=O) groups excluding carboxylic acids is 2. The zero-order chi connectivity index (χ0) is 15.2. The zero-order valence-corrected chi connectivity index (χ0v) is 11.8. The third-order valence-electron chi connectivity index (χ3n) is 3.37. The summed E-state index contributed by atoms with van der Waals surface area (Å²) in [6, 6.07) is 3.11. The maximum absolute atomic E-state index is 11.5. The molecule has 0 atom stereocenters. The van der Waals surface area contributed by atoms with Crippen molar-refractivity contribution < 1.29 is 9.59 Å². The fourth-order valence-corrected chi connectivity index (χ4v) is 2.24. The van der Waals surface area contributed by atoms with Crippen LogP contribution in [-0.2, 0) is 11.3 Å². The van der Waals surface area contributed by atoms with Crippen LogP contribution in [0, 0.1) is 0 Å². The van der Waals surface area contributed by atoms with Gasteiger partial charge in [-0.3, -0.25) is 15.0 Å². The van der Waals surface area contributed by atoms with Crippen LogP contribution in [0.5, 0.6) is 0 Å². The minimum Gasteiger partial charge on any atom is -0.354 e. The Labute approximate surface area is 123 Å². The van der Waals surface area contributed by atoms with Crippen LogP contribution < -0.4 is 21.7 Å². The van der Waals surface area contributed by atoms with E-state index in [1.165, 1.54) is 0 Å². The van der Waals surface area contributed by atoms with E-state index in [4.69, 9.17) is 11.5 Å². The number of aromatic nitrogens is 1. The second kappa shape index (κ2) is 7.00. The van der Waals surface area contributed by atoms with Gasteiger partial charge in [-0.05, 0) is 11.6 Å². The average molecular weight is 292 g/mol. The molecule has 8 nitrogen and oxygen atoms in total. The summed E-state index contributed by atoms with van der Waals surface area (Å²) in [5, 5.41) is 2.07. The number of rotatable bonds is 4. The normalized spacial score (nSPS) is 15.8. The molecule has 1 aromatic heterocycles.